The van der Waals surface area contributed by atoms with E-state index in [-0.39, 0.29) is 5.78 Å². The van der Waals surface area contributed by atoms with Gasteiger partial charge in [0.25, 0.3) is 0 Å². The molecule has 0 saturated heterocycles. The highest BCUT2D eigenvalue weighted by atomic mass is 32.1. The van der Waals surface area contributed by atoms with Crippen molar-refractivity contribution in [2.45, 2.75) is 20.3 Å². The van der Waals surface area contributed by atoms with Crippen LogP contribution in [0.1, 0.15) is 49.5 Å². The number of fused-ring (bicyclic) bond motifs is 1. The fourth-order valence-electron chi connectivity index (χ4n) is 3.68. The number of carbonyl (C=O) groups is 2. The van der Waals surface area contributed by atoms with Crippen LogP contribution >= 0.6 is 11.3 Å². The molecule has 0 fully saturated rings. The molecule has 0 N–H and O–H groups in total. The SMILES string of the molecule is CCOC(=O)c1csc(Cc2c3cccccc-3c(C(=O)c3ccccc3)c2C)n1. The molecule has 1 heterocycles. The summed E-state index contributed by atoms with van der Waals surface area (Å²) in [6.07, 6.45) is 0.554. The van der Waals surface area contributed by atoms with Gasteiger partial charge in [0.15, 0.2) is 11.5 Å². The van der Waals surface area contributed by atoms with Crippen LogP contribution in [0.5, 0.6) is 0 Å². The second-order valence-electron chi connectivity index (χ2n) is 6.94. The third-order valence-electron chi connectivity index (χ3n) is 5.09. The third-order valence-corrected chi connectivity index (χ3v) is 5.94. The molecule has 150 valence electrons. The fraction of sp³-hybridized carbons (Fsp3) is 0.160. The summed E-state index contributed by atoms with van der Waals surface area (Å²) in [5.41, 5.74) is 5.71. The summed E-state index contributed by atoms with van der Waals surface area (Å²) in [5.74, 6) is -0.391. The Morgan fingerprint density at radius 2 is 1.63 bits per heavy atom. The minimum atomic E-state index is -0.407. The van der Waals surface area contributed by atoms with Gasteiger partial charge in [0.05, 0.1) is 11.6 Å². The molecule has 4 nitrogen and oxygen atoms in total. The number of ether oxygens (including phenoxy) is 1. The lowest BCUT2D eigenvalue weighted by molar-refractivity contribution is 0.0520. The predicted octanol–water partition coefficient (Wildman–Crippen LogP) is 5.55. The van der Waals surface area contributed by atoms with Crippen molar-refractivity contribution in [3.05, 3.63) is 99.0 Å². The Morgan fingerprint density at radius 3 is 2.33 bits per heavy atom. The number of aromatic nitrogens is 1. The molecule has 4 rings (SSSR count). The Kier molecular flexibility index (Phi) is 5.72. The maximum absolute atomic E-state index is 13.3. The first-order valence-electron chi connectivity index (χ1n) is 9.81. The van der Waals surface area contributed by atoms with E-state index >= 15 is 0 Å². The first-order chi connectivity index (χ1) is 14.6. The summed E-state index contributed by atoms with van der Waals surface area (Å²) in [4.78, 5) is 29.8. The van der Waals surface area contributed by atoms with Gasteiger partial charge in [0.2, 0.25) is 0 Å². The molecule has 30 heavy (non-hydrogen) atoms. The molecule has 0 aliphatic heterocycles. The van der Waals surface area contributed by atoms with E-state index in [0.717, 1.165) is 32.8 Å². The van der Waals surface area contributed by atoms with Crippen LogP contribution in [0.15, 0.2) is 66.0 Å². The van der Waals surface area contributed by atoms with E-state index in [1.165, 1.54) is 11.3 Å². The van der Waals surface area contributed by atoms with Crippen molar-refractivity contribution in [1.82, 2.24) is 4.98 Å². The summed E-state index contributed by atoms with van der Waals surface area (Å²) in [6, 6.07) is 19.3. The zero-order valence-electron chi connectivity index (χ0n) is 16.8. The van der Waals surface area contributed by atoms with Crippen LogP contribution in [0.2, 0.25) is 0 Å². The van der Waals surface area contributed by atoms with Crippen LogP contribution in [0.25, 0.3) is 11.1 Å². The van der Waals surface area contributed by atoms with Gasteiger partial charge in [-0.1, -0.05) is 60.7 Å². The number of rotatable bonds is 6. The van der Waals surface area contributed by atoms with Crippen molar-refractivity contribution in [1.29, 1.82) is 0 Å². The molecule has 1 aromatic carbocycles. The average Bonchev–Trinajstić information content (AvgIpc) is 3.23. The largest absolute Gasteiger partial charge is 0.461 e. The lowest BCUT2D eigenvalue weighted by Gasteiger charge is -2.03. The minimum Gasteiger partial charge on any atom is -0.461 e. The summed E-state index contributed by atoms with van der Waals surface area (Å²) in [5, 5.41) is 2.54. The molecule has 0 saturated carbocycles. The minimum absolute atomic E-state index is 0.0156. The van der Waals surface area contributed by atoms with Gasteiger partial charge in [0, 0.05) is 22.9 Å². The van der Waals surface area contributed by atoms with Crippen LogP contribution in [0.3, 0.4) is 0 Å². The third kappa shape index (κ3) is 3.76. The molecule has 0 atom stereocenters. The number of hydrogen-bond donors (Lipinski definition) is 0. The zero-order valence-corrected chi connectivity index (χ0v) is 17.7. The Hall–Kier alpha value is -3.31. The molecule has 0 bridgehead atoms. The molecule has 0 unspecified atom stereocenters. The van der Waals surface area contributed by atoms with Crippen LogP contribution in [-0.4, -0.2) is 23.3 Å². The Bertz CT molecular complexity index is 1180. The Labute approximate surface area is 179 Å². The van der Waals surface area contributed by atoms with Gasteiger partial charge < -0.3 is 4.74 Å². The second kappa shape index (κ2) is 8.59. The van der Waals surface area contributed by atoms with Gasteiger partial charge in [0.1, 0.15) is 0 Å². The van der Waals surface area contributed by atoms with E-state index in [9.17, 15) is 9.59 Å². The summed E-state index contributed by atoms with van der Waals surface area (Å²) < 4.78 is 5.04. The first-order valence-corrected chi connectivity index (χ1v) is 10.7. The molecule has 2 aliphatic carbocycles. The van der Waals surface area contributed by atoms with E-state index < -0.39 is 5.97 Å². The Morgan fingerprint density at radius 1 is 0.967 bits per heavy atom. The van der Waals surface area contributed by atoms with E-state index in [2.05, 4.69) is 4.98 Å². The van der Waals surface area contributed by atoms with Crippen molar-refractivity contribution in [2.75, 3.05) is 6.61 Å². The summed E-state index contributed by atoms with van der Waals surface area (Å²) in [7, 11) is 0. The maximum Gasteiger partial charge on any atom is 0.357 e. The molecule has 0 amide bonds. The van der Waals surface area contributed by atoms with E-state index in [0.29, 0.717) is 24.3 Å². The number of benzene rings is 1. The number of ketones is 1. The van der Waals surface area contributed by atoms with Crippen molar-refractivity contribution < 1.29 is 14.3 Å². The van der Waals surface area contributed by atoms with Gasteiger partial charge in [-0.2, -0.15) is 0 Å². The maximum atomic E-state index is 13.3. The first kappa shape index (κ1) is 20.0. The Balaban J connectivity index is 1.77. The van der Waals surface area contributed by atoms with Gasteiger partial charge in [-0.15, -0.1) is 11.3 Å². The highest BCUT2D eigenvalue weighted by Gasteiger charge is 2.26. The monoisotopic (exact) mass is 415 g/mol. The van der Waals surface area contributed by atoms with Crippen LogP contribution in [0, 0.1) is 6.92 Å². The normalized spacial score (nSPS) is 10.9. The molecule has 0 radical (unpaired) electrons. The fourth-order valence-corrected chi connectivity index (χ4v) is 4.46. The number of esters is 1. The van der Waals surface area contributed by atoms with Gasteiger partial charge in [-0.3, -0.25) is 4.79 Å². The van der Waals surface area contributed by atoms with Gasteiger partial charge in [-0.25, -0.2) is 9.78 Å². The standard InChI is InChI=1S/C25H21NO3S/c1-3-29-25(28)21-15-30-22(26-21)14-20-16(2)23(19-13-9-5-8-12-18(19)20)24(27)17-10-6-4-7-11-17/h4-13,15H,3,14H2,1-2H3. The molecule has 0 spiro atoms. The van der Waals surface area contributed by atoms with Crippen molar-refractivity contribution >= 4 is 23.1 Å². The average molecular weight is 416 g/mol. The van der Waals surface area contributed by atoms with Crippen LogP contribution in [-0.2, 0) is 11.2 Å². The topological polar surface area (TPSA) is 56.3 Å². The van der Waals surface area contributed by atoms with E-state index in [1.54, 1.807) is 12.3 Å². The molecule has 2 aromatic rings. The van der Waals surface area contributed by atoms with E-state index in [1.807, 2.05) is 67.6 Å². The number of carbonyl (C=O) groups excluding carboxylic acids is 2. The molecule has 2 aliphatic rings. The number of thiazole rings is 1. The van der Waals surface area contributed by atoms with Crippen molar-refractivity contribution in [3.8, 4) is 11.1 Å². The van der Waals surface area contributed by atoms with Crippen LogP contribution in [0.4, 0.5) is 0 Å². The van der Waals surface area contributed by atoms with Crippen molar-refractivity contribution in [2.24, 2.45) is 0 Å². The number of hydrogen-bond acceptors (Lipinski definition) is 5. The van der Waals surface area contributed by atoms with Gasteiger partial charge >= 0.3 is 5.97 Å². The highest BCUT2D eigenvalue weighted by molar-refractivity contribution is 7.09. The molecule has 1 aromatic heterocycles. The molecule has 5 heteroatoms. The molecular formula is C25H21NO3S. The predicted molar refractivity (Wildman–Crippen MR) is 119 cm³/mol. The smallest absolute Gasteiger partial charge is 0.357 e. The zero-order chi connectivity index (χ0) is 21.1. The summed E-state index contributed by atoms with van der Waals surface area (Å²) >= 11 is 1.43. The summed E-state index contributed by atoms with van der Waals surface area (Å²) in [6.45, 7) is 4.08. The highest BCUT2D eigenvalue weighted by Crippen LogP contribution is 2.38. The molecular weight excluding hydrogens is 394 g/mol. The lowest BCUT2D eigenvalue weighted by Crippen LogP contribution is -2.05. The second-order valence-corrected chi connectivity index (χ2v) is 7.88. The number of nitrogens with zero attached hydrogens (tertiary/aromatic N) is 1. The van der Waals surface area contributed by atoms with Crippen LogP contribution < -0.4 is 0 Å². The lowest BCUT2D eigenvalue weighted by atomic mass is 9.99. The van der Waals surface area contributed by atoms with Crippen molar-refractivity contribution in [3.63, 3.8) is 0 Å². The van der Waals surface area contributed by atoms with Gasteiger partial charge in [-0.05, 0) is 36.1 Å². The van der Waals surface area contributed by atoms with E-state index in [4.69, 9.17) is 4.74 Å². The quantitative estimate of drug-likeness (QED) is 0.306.